The topological polar surface area (TPSA) is 18.5 Å². The van der Waals surface area contributed by atoms with E-state index in [-0.39, 0.29) is 18.5 Å². The molecule has 3 rings (SSSR count). The quantitative estimate of drug-likeness (QED) is 0.781. The van der Waals surface area contributed by atoms with Crippen molar-refractivity contribution in [3.8, 4) is 0 Å². The van der Waals surface area contributed by atoms with E-state index in [1.165, 1.54) is 11.1 Å². The molecule has 2 aliphatic rings. The van der Waals surface area contributed by atoms with Crippen molar-refractivity contribution in [2.24, 2.45) is 0 Å². The summed E-state index contributed by atoms with van der Waals surface area (Å²) in [6, 6.07) is 4.89. The standard InChI is InChI=1S/C16H26O2Si2/c1-10-15-11-8-13(19(2,3)4)14(20(5,6)7)9-12(11)16(17-10)18-15/h8-10,15-16H,1-7H3/t10-,15+,16+/m1/s1. The van der Waals surface area contributed by atoms with Crippen LogP contribution in [0.1, 0.15) is 30.4 Å². The van der Waals surface area contributed by atoms with Gasteiger partial charge in [-0.25, -0.2) is 0 Å². The summed E-state index contributed by atoms with van der Waals surface area (Å²) in [7, 11) is -2.69. The van der Waals surface area contributed by atoms with Crippen LogP contribution in [-0.4, -0.2) is 22.3 Å². The summed E-state index contributed by atoms with van der Waals surface area (Å²) in [5.74, 6) is 0. The predicted octanol–water partition coefficient (Wildman–Crippen LogP) is 3.27. The first kappa shape index (κ1) is 14.5. The molecule has 0 saturated carbocycles. The molecular weight excluding hydrogens is 280 g/mol. The maximum atomic E-state index is 6.00. The van der Waals surface area contributed by atoms with Crippen molar-refractivity contribution < 1.29 is 9.47 Å². The second kappa shape index (κ2) is 4.29. The van der Waals surface area contributed by atoms with E-state index < -0.39 is 16.1 Å². The van der Waals surface area contributed by atoms with Crippen LogP contribution in [0.3, 0.4) is 0 Å². The number of rotatable bonds is 2. The van der Waals surface area contributed by atoms with E-state index in [0.29, 0.717) is 0 Å². The van der Waals surface area contributed by atoms with Gasteiger partial charge in [0, 0.05) is 5.56 Å². The van der Waals surface area contributed by atoms with Crippen LogP contribution in [0, 0.1) is 0 Å². The summed E-state index contributed by atoms with van der Waals surface area (Å²) in [4.78, 5) is 0. The Bertz CT molecular complexity index is 555. The van der Waals surface area contributed by atoms with E-state index in [2.05, 4.69) is 58.3 Å². The molecular formula is C16H26O2Si2. The molecule has 0 aliphatic carbocycles. The molecule has 0 aromatic heterocycles. The second-order valence-corrected chi connectivity index (χ2v) is 18.3. The van der Waals surface area contributed by atoms with Gasteiger partial charge in [-0.3, -0.25) is 0 Å². The molecule has 2 bridgehead atoms. The predicted molar refractivity (Wildman–Crippen MR) is 89.5 cm³/mol. The molecule has 0 spiro atoms. The molecule has 2 nitrogen and oxygen atoms in total. The Morgan fingerprint density at radius 1 is 0.800 bits per heavy atom. The van der Waals surface area contributed by atoms with Gasteiger partial charge in [-0.05, 0) is 12.5 Å². The van der Waals surface area contributed by atoms with E-state index >= 15 is 0 Å². The SMILES string of the molecule is C[C@H]1O[C@H]2O[C@@H]1c1cc([Si](C)(C)C)c([Si](C)(C)C)cc12. The van der Waals surface area contributed by atoms with E-state index in [0.717, 1.165) is 0 Å². The van der Waals surface area contributed by atoms with E-state index in [4.69, 9.17) is 9.47 Å². The summed E-state index contributed by atoms with van der Waals surface area (Å²) >= 11 is 0. The third-order valence-electron chi connectivity index (χ3n) is 4.43. The molecule has 1 aromatic rings. The van der Waals surface area contributed by atoms with Crippen LogP contribution in [0.25, 0.3) is 0 Å². The Morgan fingerprint density at radius 3 is 1.80 bits per heavy atom. The van der Waals surface area contributed by atoms with Crippen LogP contribution >= 0.6 is 0 Å². The van der Waals surface area contributed by atoms with Crippen molar-refractivity contribution >= 4 is 26.5 Å². The lowest BCUT2D eigenvalue weighted by Crippen LogP contribution is -2.56. The normalized spacial score (nSPS) is 28.9. The zero-order valence-corrected chi connectivity index (χ0v) is 15.7. The van der Waals surface area contributed by atoms with Crippen molar-refractivity contribution in [3.63, 3.8) is 0 Å². The Morgan fingerprint density at radius 2 is 1.30 bits per heavy atom. The van der Waals surface area contributed by atoms with Gasteiger partial charge in [0.1, 0.15) is 6.10 Å². The largest absolute Gasteiger partial charge is 0.342 e. The number of fused-ring (bicyclic) bond motifs is 5. The highest BCUT2D eigenvalue weighted by atomic mass is 28.3. The average molecular weight is 307 g/mol. The van der Waals surface area contributed by atoms with Gasteiger partial charge < -0.3 is 9.47 Å². The fourth-order valence-corrected chi connectivity index (χ4v) is 8.53. The van der Waals surface area contributed by atoms with Gasteiger partial charge in [-0.15, -0.1) is 0 Å². The monoisotopic (exact) mass is 306 g/mol. The van der Waals surface area contributed by atoms with E-state index in [9.17, 15) is 0 Å². The van der Waals surface area contributed by atoms with Crippen LogP contribution in [0.2, 0.25) is 39.3 Å². The third kappa shape index (κ3) is 2.13. The summed E-state index contributed by atoms with van der Waals surface area (Å²) in [6.07, 6.45) is 0.233. The van der Waals surface area contributed by atoms with Gasteiger partial charge in [0.2, 0.25) is 0 Å². The van der Waals surface area contributed by atoms with E-state index in [1.807, 2.05) is 0 Å². The third-order valence-corrected chi connectivity index (χ3v) is 8.74. The highest BCUT2D eigenvalue weighted by Crippen LogP contribution is 2.48. The minimum absolute atomic E-state index is 0.115. The number of hydrogen-bond donors (Lipinski definition) is 0. The van der Waals surface area contributed by atoms with Gasteiger partial charge in [0.05, 0.1) is 22.3 Å². The molecule has 1 aromatic carbocycles. The van der Waals surface area contributed by atoms with Crippen LogP contribution in [0.5, 0.6) is 0 Å². The van der Waals surface area contributed by atoms with Crippen molar-refractivity contribution in [2.45, 2.75) is 64.7 Å². The fourth-order valence-electron chi connectivity index (χ4n) is 3.34. The zero-order valence-electron chi connectivity index (χ0n) is 13.7. The molecule has 0 unspecified atom stereocenters. The van der Waals surface area contributed by atoms with Gasteiger partial charge in [-0.1, -0.05) is 61.8 Å². The van der Waals surface area contributed by atoms with Crippen molar-refractivity contribution in [1.82, 2.24) is 0 Å². The lowest BCUT2D eigenvalue weighted by molar-refractivity contribution is -0.0550. The molecule has 2 heterocycles. The van der Waals surface area contributed by atoms with Crippen molar-refractivity contribution in [1.29, 1.82) is 0 Å². The molecule has 0 radical (unpaired) electrons. The van der Waals surface area contributed by atoms with Crippen LogP contribution in [0.4, 0.5) is 0 Å². The second-order valence-electron chi connectivity index (χ2n) is 8.26. The lowest BCUT2D eigenvalue weighted by Gasteiger charge is -2.31. The highest BCUT2D eigenvalue weighted by Gasteiger charge is 2.45. The Labute approximate surface area is 124 Å². The lowest BCUT2D eigenvalue weighted by atomic mass is 9.99. The van der Waals surface area contributed by atoms with Gasteiger partial charge in [-0.2, -0.15) is 0 Å². The molecule has 20 heavy (non-hydrogen) atoms. The van der Waals surface area contributed by atoms with Crippen LogP contribution < -0.4 is 10.4 Å². The van der Waals surface area contributed by atoms with E-state index in [1.54, 1.807) is 10.4 Å². The molecule has 2 aliphatic heterocycles. The molecule has 0 amide bonds. The fraction of sp³-hybridized carbons (Fsp3) is 0.625. The maximum absolute atomic E-state index is 6.00. The minimum Gasteiger partial charge on any atom is -0.342 e. The van der Waals surface area contributed by atoms with Gasteiger partial charge >= 0.3 is 0 Å². The molecule has 110 valence electrons. The van der Waals surface area contributed by atoms with Crippen LogP contribution in [0.15, 0.2) is 12.1 Å². The average Bonchev–Trinajstić information content (AvgIpc) is 2.82. The molecule has 1 saturated heterocycles. The Hall–Kier alpha value is -0.426. The van der Waals surface area contributed by atoms with Gasteiger partial charge in [0.15, 0.2) is 6.29 Å². The van der Waals surface area contributed by atoms with Gasteiger partial charge in [0.25, 0.3) is 0 Å². The molecule has 4 heteroatoms. The first-order valence-electron chi connectivity index (χ1n) is 7.59. The first-order valence-corrected chi connectivity index (χ1v) is 14.6. The smallest absolute Gasteiger partial charge is 0.185 e. The zero-order chi connectivity index (χ0) is 14.9. The van der Waals surface area contributed by atoms with Crippen molar-refractivity contribution in [3.05, 3.63) is 23.3 Å². The summed E-state index contributed by atoms with van der Waals surface area (Å²) in [6.45, 7) is 16.8. The number of benzene rings is 1. The minimum atomic E-state index is -1.35. The highest BCUT2D eigenvalue weighted by molar-refractivity contribution is 6.98. The number of hydrogen-bond acceptors (Lipinski definition) is 2. The molecule has 0 N–H and O–H groups in total. The van der Waals surface area contributed by atoms with Crippen molar-refractivity contribution in [2.75, 3.05) is 0 Å². The van der Waals surface area contributed by atoms with Crippen LogP contribution in [-0.2, 0) is 9.47 Å². The Balaban J connectivity index is 2.21. The summed E-state index contributed by atoms with van der Waals surface area (Å²) in [5, 5.41) is 3.25. The first-order chi connectivity index (χ1) is 9.09. The molecule has 3 atom stereocenters. The maximum Gasteiger partial charge on any atom is 0.185 e. The Kier molecular flexibility index (Phi) is 3.11. The number of ether oxygens (including phenoxy) is 2. The molecule has 1 fully saturated rings. The summed E-state index contributed by atoms with van der Waals surface area (Å²) in [5.41, 5.74) is 2.70. The summed E-state index contributed by atoms with van der Waals surface area (Å²) < 4.78 is 11.9.